The van der Waals surface area contributed by atoms with Gasteiger partial charge >= 0.3 is 0 Å². The van der Waals surface area contributed by atoms with E-state index in [2.05, 4.69) is 18.8 Å². The summed E-state index contributed by atoms with van der Waals surface area (Å²) in [5.41, 5.74) is 0. The summed E-state index contributed by atoms with van der Waals surface area (Å²) in [6.45, 7) is 11.4. The standard InChI is InChI=1S/C18H34N2O5/c1-18(2)3-7-21-9-11-23-13-15-25-16-14-24-12-10-22-8-6-20-5-4-19-17-20/h4-5,17-18H,3,6-16H2,1-2H3. The molecule has 1 aromatic rings. The third kappa shape index (κ3) is 15.0. The third-order valence-corrected chi connectivity index (χ3v) is 3.38. The maximum absolute atomic E-state index is 5.47. The number of hydrogen-bond donors (Lipinski definition) is 0. The molecule has 0 radical (unpaired) electrons. The fourth-order valence-corrected chi connectivity index (χ4v) is 1.89. The highest BCUT2D eigenvalue weighted by atomic mass is 16.6. The van der Waals surface area contributed by atoms with Gasteiger partial charge in [0.25, 0.3) is 0 Å². The summed E-state index contributed by atoms with van der Waals surface area (Å²) in [6.07, 6.45) is 6.55. The van der Waals surface area contributed by atoms with Gasteiger partial charge in [0, 0.05) is 25.5 Å². The first kappa shape index (κ1) is 22.1. The Labute approximate surface area is 151 Å². The van der Waals surface area contributed by atoms with Crippen LogP contribution in [0.5, 0.6) is 0 Å². The maximum atomic E-state index is 5.47. The summed E-state index contributed by atoms with van der Waals surface area (Å²) >= 11 is 0. The Morgan fingerprint density at radius 1 is 0.720 bits per heavy atom. The molecule has 0 atom stereocenters. The molecule has 7 heteroatoms. The molecular formula is C18H34N2O5. The van der Waals surface area contributed by atoms with Gasteiger partial charge in [-0.3, -0.25) is 0 Å². The molecule has 0 aliphatic rings. The van der Waals surface area contributed by atoms with Crippen LogP contribution in [0.1, 0.15) is 20.3 Å². The highest BCUT2D eigenvalue weighted by Gasteiger charge is 1.95. The van der Waals surface area contributed by atoms with Crippen LogP contribution in [0.4, 0.5) is 0 Å². The second-order valence-corrected chi connectivity index (χ2v) is 6.04. The van der Waals surface area contributed by atoms with Crippen molar-refractivity contribution in [1.29, 1.82) is 0 Å². The van der Waals surface area contributed by atoms with Crippen LogP contribution in [0.3, 0.4) is 0 Å². The van der Waals surface area contributed by atoms with Crippen LogP contribution in [-0.4, -0.2) is 75.6 Å². The smallest absolute Gasteiger partial charge is 0.0946 e. The second kappa shape index (κ2) is 16.5. The summed E-state index contributed by atoms with van der Waals surface area (Å²) in [5.74, 6) is 0.686. The van der Waals surface area contributed by atoms with Gasteiger partial charge in [0.2, 0.25) is 0 Å². The van der Waals surface area contributed by atoms with Crippen molar-refractivity contribution < 1.29 is 23.7 Å². The lowest BCUT2D eigenvalue weighted by atomic mass is 10.1. The van der Waals surface area contributed by atoms with Gasteiger partial charge in [-0.1, -0.05) is 13.8 Å². The first-order chi connectivity index (χ1) is 12.3. The summed E-state index contributed by atoms with van der Waals surface area (Å²) in [4.78, 5) is 3.97. The number of ether oxygens (including phenoxy) is 5. The van der Waals surface area contributed by atoms with E-state index < -0.39 is 0 Å². The lowest BCUT2D eigenvalue weighted by molar-refractivity contribution is -0.0120. The molecule has 0 saturated carbocycles. The monoisotopic (exact) mass is 358 g/mol. The van der Waals surface area contributed by atoms with Crippen LogP contribution in [0.25, 0.3) is 0 Å². The average Bonchev–Trinajstić information content (AvgIpc) is 3.11. The molecule has 146 valence electrons. The predicted octanol–water partition coefficient (Wildman–Crippen LogP) is 2.01. The van der Waals surface area contributed by atoms with E-state index in [4.69, 9.17) is 23.7 Å². The Morgan fingerprint density at radius 2 is 1.20 bits per heavy atom. The second-order valence-electron chi connectivity index (χ2n) is 6.04. The molecule has 7 nitrogen and oxygen atoms in total. The molecule has 1 aromatic heterocycles. The molecule has 0 amide bonds. The Balaban J connectivity index is 1.67. The summed E-state index contributed by atoms with van der Waals surface area (Å²) < 4.78 is 29.2. The minimum atomic E-state index is 0.573. The number of aromatic nitrogens is 2. The molecule has 0 aromatic carbocycles. The SMILES string of the molecule is CC(C)CCOCCOCCOCCOCCOCCn1ccnc1. The van der Waals surface area contributed by atoms with Crippen molar-refractivity contribution in [2.24, 2.45) is 5.92 Å². The highest BCUT2D eigenvalue weighted by molar-refractivity contribution is 4.73. The molecule has 1 heterocycles. The molecule has 0 spiro atoms. The zero-order valence-corrected chi connectivity index (χ0v) is 15.7. The highest BCUT2D eigenvalue weighted by Crippen LogP contribution is 1.98. The van der Waals surface area contributed by atoms with Gasteiger partial charge in [-0.15, -0.1) is 0 Å². The average molecular weight is 358 g/mol. The predicted molar refractivity (Wildman–Crippen MR) is 95.8 cm³/mol. The quantitative estimate of drug-likeness (QED) is 0.374. The summed E-state index contributed by atoms with van der Waals surface area (Å²) in [7, 11) is 0. The van der Waals surface area contributed by atoms with E-state index in [0.29, 0.717) is 65.4 Å². The van der Waals surface area contributed by atoms with Crippen molar-refractivity contribution in [3.05, 3.63) is 18.7 Å². The van der Waals surface area contributed by atoms with E-state index in [9.17, 15) is 0 Å². The van der Waals surface area contributed by atoms with Crippen LogP contribution in [-0.2, 0) is 30.2 Å². The van der Waals surface area contributed by atoms with E-state index in [1.165, 1.54) is 0 Å². The van der Waals surface area contributed by atoms with Gasteiger partial charge in [-0.2, -0.15) is 0 Å². The van der Waals surface area contributed by atoms with Gasteiger partial charge in [-0.25, -0.2) is 4.98 Å². The number of rotatable bonds is 18. The van der Waals surface area contributed by atoms with Crippen molar-refractivity contribution in [3.63, 3.8) is 0 Å². The van der Waals surface area contributed by atoms with Crippen LogP contribution in [0.15, 0.2) is 18.7 Å². The largest absolute Gasteiger partial charge is 0.379 e. The third-order valence-electron chi connectivity index (χ3n) is 3.38. The Morgan fingerprint density at radius 3 is 1.64 bits per heavy atom. The van der Waals surface area contributed by atoms with Gasteiger partial charge in [0.15, 0.2) is 0 Å². The van der Waals surface area contributed by atoms with Crippen LogP contribution < -0.4 is 0 Å². The first-order valence-electron chi connectivity index (χ1n) is 9.13. The Hall–Kier alpha value is -0.990. The lowest BCUT2D eigenvalue weighted by Crippen LogP contribution is -2.14. The van der Waals surface area contributed by atoms with E-state index in [1.807, 2.05) is 10.8 Å². The fraction of sp³-hybridized carbons (Fsp3) is 0.833. The summed E-state index contributed by atoms with van der Waals surface area (Å²) in [5, 5.41) is 0. The Bertz CT molecular complexity index is 374. The molecule has 0 saturated heterocycles. The van der Waals surface area contributed by atoms with Crippen molar-refractivity contribution in [3.8, 4) is 0 Å². The van der Waals surface area contributed by atoms with E-state index in [1.54, 1.807) is 12.5 Å². The van der Waals surface area contributed by atoms with Gasteiger partial charge in [0.1, 0.15) is 0 Å². The molecule has 1 rings (SSSR count). The first-order valence-corrected chi connectivity index (χ1v) is 9.13. The topological polar surface area (TPSA) is 64.0 Å². The van der Waals surface area contributed by atoms with E-state index in [-0.39, 0.29) is 0 Å². The molecule has 25 heavy (non-hydrogen) atoms. The van der Waals surface area contributed by atoms with Gasteiger partial charge in [0.05, 0.1) is 65.8 Å². The molecule has 0 unspecified atom stereocenters. The minimum absolute atomic E-state index is 0.573. The molecular weight excluding hydrogens is 324 g/mol. The number of imidazole rings is 1. The molecule has 0 aliphatic heterocycles. The van der Waals surface area contributed by atoms with Gasteiger partial charge < -0.3 is 28.3 Å². The molecule has 0 fully saturated rings. The molecule has 0 aliphatic carbocycles. The number of hydrogen-bond acceptors (Lipinski definition) is 6. The van der Waals surface area contributed by atoms with Crippen LogP contribution >= 0.6 is 0 Å². The lowest BCUT2D eigenvalue weighted by Gasteiger charge is -2.08. The fourth-order valence-electron chi connectivity index (χ4n) is 1.89. The summed E-state index contributed by atoms with van der Waals surface area (Å²) in [6, 6.07) is 0. The minimum Gasteiger partial charge on any atom is -0.379 e. The Kier molecular flexibility index (Phi) is 14.5. The van der Waals surface area contributed by atoms with Gasteiger partial charge in [-0.05, 0) is 12.3 Å². The normalized spacial score (nSPS) is 11.5. The van der Waals surface area contributed by atoms with Crippen LogP contribution in [0, 0.1) is 5.92 Å². The van der Waals surface area contributed by atoms with Crippen LogP contribution in [0.2, 0.25) is 0 Å². The zero-order chi connectivity index (χ0) is 18.0. The number of nitrogens with zero attached hydrogens (tertiary/aromatic N) is 2. The van der Waals surface area contributed by atoms with Crippen molar-refractivity contribution in [1.82, 2.24) is 9.55 Å². The van der Waals surface area contributed by atoms with E-state index in [0.717, 1.165) is 19.6 Å². The van der Waals surface area contributed by atoms with Crippen molar-refractivity contribution in [2.75, 3.05) is 66.1 Å². The molecule has 0 bridgehead atoms. The molecule has 0 N–H and O–H groups in total. The van der Waals surface area contributed by atoms with Crippen molar-refractivity contribution in [2.45, 2.75) is 26.8 Å². The van der Waals surface area contributed by atoms with E-state index >= 15 is 0 Å². The maximum Gasteiger partial charge on any atom is 0.0946 e. The zero-order valence-electron chi connectivity index (χ0n) is 15.7. The van der Waals surface area contributed by atoms with Crippen molar-refractivity contribution >= 4 is 0 Å².